The lowest BCUT2D eigenvalue weighted by atomic mass is 10.2. The van der Waals surface area contributed by atoms with Crippen LogP contribution in [0.2, 0.25) is 0 Å². The zero-order chi connectivity index (χ0) is 16.2. The van der Waals surface area contributed by atoms with Crippen LogP contribution in [0.1, 0.15) is 5.69 Å². The number of rotatable bonds is 6. The standard InChI is InChI=1S/C15H14N4O3S/c16-13(20)9-22-12-3-1-10(2-4-12)17-14(21)7-11-8-19-5-6-23-15(19)18-11/h1-6,8H,7,9H2,(H2,16,20)(H,17,21). The molecule has 0 bridgehead atoms. The first-order valence-electron chi connectivity index (χ1n) is 6.82. The minimum atomic E-state index is -0.539. The molecule has 0 spiro atoms. The van der Waals surface area contributed by atoms with E-state index >= 15 is 0 Å². The maximum Gasteiger partial charge on any atom is 0.255 e. The number of carbonyl (C=O) groups is 2. The number of fused-ring (bicyclic) bond motifs is 1. The van der Waals surface area contributed by atoms with E-state index in [4.69, 9.17) is 10.5 Å². The Morgan fingerprint density at radius 3 is 2.78 bits per heavy atom. The van der Waals surface area contributed by atoms with E-state index in [2.05, 4.69) is 10.3 Å². The highest BCUT2D eigenvalue weighted by atomic mass is 32.1. The van der Waals surface area contributed by atoms with Gasteiger partial charge in [0.2, 0.25) is 5.91 Å². The summed E-state index contributed by atoms with van der Waals surface area (Å²) in [6, 6.07) is 6.70. The number of anilines is 1. The van der Waals surface area contributed by atoms with Crippen LogP contribution >= 0.6 is 11.3 Å². The average Bonchev–Trinajstić information content (AvgIpc) is 3.07. The number of nitrogens with two attached hydrogens (primary N) is 1. The predicted octanol–water partition coefficient (Wildman–Crippen LogP) is 1.44. The molecule has 1 aromatic carbocycles. The molecule has 3 N–H and O–H groups in total. The van der Waals surface area contributed by atoms with Gasteiger partial charge in [-0.2, -0.15) is 0 Å². The molecule has 0 radical (unpaired) electrons. The second-order valence-corrected chi connectivity index (χ2v) is 5.70. The summed E-state index contributed by atoms with van der Waals surface area (Å²) >= 11 is 1.52. The normalized spacial score (nSPS) is 10.6. The first-order chi connectivity index (χ1) is 11.1. The number of hydrogen-bond donors (Lipinski definition) is 2. The zero-order valence-corrected chi connectivity index (χ0v) is 12.9. The summed E-state index contributed by atoms with van der Waals surface area (Å²) in [6.45, 7) is -0.177. The molecule has 0 saturated carbocycles. The molecule has 0 saturated heterocycles. The molecule has 7 nitrogen and oxygen atoms in total. The number of hydrogen-bond acceptors (Lipinski definition) is 5. The van der Waals surface area contributed by atoms with Gasteiger partial charge in [-0.25, -0.2) is 4.98 Å². The van der Waals surface area contributed by atoms with E-state index in [9.17, 15) is 9.59 Å². The minimum absolute atomic E-state index is 0.151. The van der Waals surface area contributed by atoms with Gasteiger partial charge in [-0.3, -0.25) is 14.0 Å². The van der Waals surface area contributed by atoms with Crippen molar-refractivity contribution < 1.29 is 14.3 Å². The summed E-state index contributed by atoms with van der Waals surface area (Å²) in [5.74, 6) is -0.181. The fraction of sp³-hybridized carbons (Fsp3) is 0.133. The second-order valence-electron chi connectivity index (χ2n) is 4.83. The molecule has 0 aliphatic rings. The van der Waals surface area contributed by atoms with Crippen LogP contribution in [0.3, 0.4) is 0 Å². The molecule has 118 valence electrons. The van der Waals surface area contributed by atoms with Crippen molar-refractivity contribution in [3.8, 4) is 5.75 Å². The van der Waals surface area contributed by atoms with E-state index < -0.39 is 5.91 Å². The van der Waals surface area contributed by atoms with Gasteiger partial charge in [-0.15, -0.1) is 11.3 Å². The fourth-order valence-corrected chi connectivity index (χ4v) is 2.74. The Balaban J connectivity index is 1.56. The topological polar surface area (TPSA) is 98.7 Å². The van der Waals surface area contributed by atoms with E-state index in [-0.39, 0.29) is 18.9 Å². The number of nitrogens with zero attached hydrogens (tertiary/aromatic N) is 2. The Morgan fingerprint density at radius 2 is 2.09 bits per heavy atom. The maximum absolute atomic E-state index is 12.0. The van der Waals surface area contributed by atoms with Gasteiger partial charge in [0.15, 0.2) is 11.6 Å². The third kappa shape index (κ3) is 3.86. The van der Waals surface area contributed by atoms with E-state index in [1.165, 1.54) is 11.3 Å². The predicted molar refractivity (Wildman–Crippen MR) is 86.5 cm³/mol. The molecule has 0 atom stereocenters. The highest BCUT2D eigenvalue weighted by Crippen LogP contribution is 2.16. The number of carbonyl (C=O) groups excluding carboxylic acids is 2. The van der Waals surface area contributed by atoms with Gasteiger partial charge in [0.25, 0.3) is 5.91 Å². The molecule has 3 rings (SSSR count). The third-order valence-electron chi connectivity index (χ3n) is 3.00. The van der Waals surface area contributed by atoms with Crippen molar-refractivity contribution in [2.75, 3.05) is 11.9 Å². The van der Waals surface area contributed by atoms with Crippen molar-refractivity contribution in [1.29, 1.82) is 0 Å². The van der Waals surface area contributed by atoms with Crippen LogP contribution in [0.4, 0.5) is 5.69 Å². The quantitative estimate of drug-likeness (QED) is 0.714. The molecule has 2 aromatic heterocycles. The number of aromatic nitrogens is 2. The summed E-state index contributed by atoms with van der Waals surface area (Å²) < 4.78 is 7.04. The summed E-state index contributed by atoms with van der Waals surface area (Å²) in [7, 11) is 0. The molecular formula is C15H14N4O3S. The third-order valence-corrected chi connectivity index (χ3v) is 3.77. The Kier molecular flexibility index (Phi) is 4.24. The zero-order valence-electron chi connectivity index (χ0n) is 12.1. The van der Waals surface area contributed by atoms with Gasteiger partial charge in [-0.1, -0.05) is 0 Å². The SMILES string of the molecule is NC(=O)COc1ccc(NC(=O)Cc2cn3ccsc3n2)cc1. The van der Waals surface area contributed by atoms with Crippen molar-refractivity contribution in [2.45, 2.75) is 6.42 Å². The number of imidazole rings is 1. The molecule has 0 unspecified atom stereocenters. The van der Waals surface area contributed by atoms with Gasteiger partial charge in [-0.05, 0) is 24.3 Å². The van der Waals surface area contributed by atoms with Crippen molar-refractivity contribution in [3.63, 3.8) is 0 Å². The van der Waals surface area contributed by atoms with E-state index in [0.717, 1.165) is 10.7 Å². The Morgan fingerprint density at radius 1 is 1.30 bits per heavy atom. The summed E-state index contributed by atoms with van der Waals surface area (Å²) in [6.07, 6.45) is 3.94. The van der Waals surface area contributed by atoms with Gasteiger partial charge < -0.3 is 15.8 Å². The summed E-state index contributed by atoms with van der Waals surface area (Å²) in [5.41, 5.74) is 6.36. The summed E-state index contributed by atoms with van der Waals surface area (Å²) in [5, 5.41) is 4.73. The number of nitrogens with one attached hydrogen (secondary N) is 1. The first kappa shape index (κ1) is 15.0. The number of primary amides is 1. The van der Waals surface area contributed by atoms with Crippen LogP contribution in [0.5, 0.6) is 5.75 Å². The lowest BCUT2D eigenvalue weighted by Gasteiger charge is -2.06. The Bertz CT molecular complexity index is 809. The molecule has 2 heterocycles. The highest BCUT2D eigenvalue weighted by molar-refractivity contribution is 7.15. The number of thiazole rings is 1. The van der Waals surface area contributed by atoms with Gasteiger partial charge in [0.1, 0.15) is 5.75 Å². The Hall–Kier alpha value is -2.87. The van der Waals surface area contributed by atoms with Gasteiger partial charge >= 0.3 is 0 Å². The molecule has 0 aliphatic carbocycles. The lowest BCUT2D eigenvalue weighted by Crippen LogP contribution is -2.20. The molecule has 2 amide bonds. The van der Waals surface area contributed by atoms with Crippen LogP contribution in [-0.4, -0.2) is 27.8 Å². The average molecular weight is 330 g/mol. The molecule has 23 heavy (non-hydrogen) atoms. The second kappa shape index (κ2) is 6.49. The minimum Gasteiger partial charge on any atom is -0.484 e. The maximum atomic E-state index is 12.0. The lowest BCUT2D eigenvalue weighted by molar-refractivity contribution is -0.120. The van der Waals surface area contributed by atoms with Gasteiger partial charge in [0.05, 0.1) is 12.1 Å². The van der Waals surface area contributed by atoms with Crippen molar-refractivity contribution in [2.24, 2.45) is 5.73 Å². The Labute approximate surface area is 135 Å². The molecule has 3 aromatic rings. The van der Waals surface area contributed by atoms with E-state index in [1.807, 2.05) is 22.2 Å². The van der Waals surface area contributed by atoms with E-state index in [0.29, 0.717) is 11.4 Å². The molecule has 8 heteroatoms. The van der Waals surface area contributed by atoms with Crippen LogP contribution < -0.4 is 15.8 Å². The molecular weight excluding hydrogens is 316 g/mol. The van der Waals surface area contributed by atoms with Crippen LogP contribution in [0.15, 0.2) is 42.0 Å². The van der Waals surface area contributed by atoms with Crippen LogP contribution in [0.25, 0.3) is 4.96 Å². The molecule has 0 aliphatic heterocycles. The van der Waals surface area contributed by atoms with Gasteiger partial charge in [0, 0.05) is 23.5 Å². The highest BCUT2D eigenvalue weighted by Gasteiger charge is 2.09. The first-order valence-corrected chi connectivity index (χ1v) is 7.70. The monoisotopic (exact) mass is 330 g/mol. The smallest absolute Gasteiger partial charge is 0.255 e. The van der Waals surface area contributed by atoms with Crippen molar-refractivity contribution in [3.05, 3.63) is 47.7 Å². The van der Waals surface area contributed by atoms with E-state index in [1.54, 1.807) is 24.3 Å². The van der Waals surface area contributed by atoms with Crippen LogP contribution in [-0.2, 0) is 16.0 Å². The number of benzene rings is 1. The summed E-state index contributed by atoms with van der Waals surface area (Å²) in [4.78, 5) is 27.9. The van der Waals surface area contributed by atoms with Crippen molar-refractivity contribution >= 4 is 33.8 Å². The number of ether oxygens (including phenoxy) is 1. The van der Waals surface area contributed by atoms with Crippen LogP contribution in [0, 0.1) is 0 Å². The largest absolute Gasteiger partial charge is 0.484 e. The number of amides is 2. The fourth-order valence-electron chi connectivity index (χ4n) is 2.02. The molecule has 0 fully saturated rings. The van der Waals surface area contributed by atoms with Crippen molar-refractivity contribution in [1.82, 2.24) is 9.38 Å².